The molecule has 0 amide bonds. The Morgan fingerprint density at radius 2 is 2.00 bits per heavy atom. The van der Waals surface area contributed by atoms with Crippen LogP contribution >= 0.6 is 0 Å². The van der Waals surface area contributed by atoms with Crippen LogP contribution in [0.3, 0.4) is 0 Å². The summed E-state index contributed by atoms with van der Waals surface area (Å²) in [6.07, 6.45) is 1.70. The van der Waals surface area contributed by atoms with Crippen molar-refractivity contribution in [2.75, 3.05) is 11.1 Å². The van der Waals surface area contributed by atoms with Gasteiger partial charge in [-0.15, -0.1) is 0 Å². The highest BCUT2D eigenvalue weighted by Crippen LogP contribution is 2.20. The Kier molecular flexibility index (Phi) is 4.48. The summed E-state index contributed by atoms with van der Waals surface area (Å²) in [6, 6.07) is 11.5. The summed E-state index contributed by atoms with van der Waals surface area (Å²) >= 11 is 0. The molecule has 0 spiro atoms. The van der Waals surface area contributed by atoms with Gasteiger partial charge in [-0.05, 0) is 29.8 Å². The molecule has 1 aromatic carbocycles. The first-order chi connectivity index (χ1) is 7.79. The fraction of sp³-hybridized carbons (Fsp3) is 0.154. The van der Waals surface area contributed by atoms with Gasteiger partial charge in [-0.1, -0.05) is 19.6 Å². The quantitative estimate of drug-likeness (QED) is 0.757. The Balaban J connectivity index is 0.00000144. The molecule has 90 valence electrons. The van der Waals surface area contributed by atoms with Crippen LogP contribution in [0.5, 0.6) is 0 Å². The summed E-state index contributed by atoms with van der Waals surface area (Å²) in [4.78, 5) is 4.16. The highest BCUT2D eigenvalue weighted by molar-refractivity contribution is 5.68. The molecule has 2 aromatic rings. The fourth-order valence-corrected chi connectivity index (χ4v) is 1.43. The summed E-state index contributed by atoms with van der Waals surface area (Å²) in [7, 11) is 0. The van der Waals surface area contributed by atoms with E-state index < -0.39 is 0 Å². The van der Waals surface area contributed by atoms with Crippen LogP contribution in [0.2, 0.25) is 0 Å². The van der Waals surface area contributed by atoms with E-state index in [1.807, 2.05) is 30.3 Å². The molecular weight excluding hydrogens is 212 g/mol. The van der Waals surface area contributed by atoms with Crippen molar-refractivity contribution in [2.45, 2.75) is 14.0 Å². The summed E-state index contributed by atoms with van der Waals surface area (Å²) in [5.41, 5.74) is 14.0. The largest absolute Gasteiger partial charge is 0.396 e. The maximum absolute atomic E-state index is 5.79. The first-order valence-electron chi connectivity index (χ1n) is 5.06. The molecule has 0 saturated carbocycles. The number of nitrogens with zero attached hydrogens (tertiary/aromatic N) is 1. The Hall–Kier alpha value is -2.07. The summed E-state index contributed by atoms with van der Waals surface area (Å²) in [6.45, 7) is 0.521. The van der Waals surface area contributed by atoms with Gasteiger partial charge in [0, 0.05) is 18.4 Å². The van der Waals surface area contributed by atoms with Gasteiger partial charge in [-0.25, -0.2) is 4.98 Å². The topological polar surface area (TPSA) is 77.0 Å². The SMILES string of the molecule is C.NCc1cccc(Nc2ncccc2N)c1. The van der Waals surface area contributed by atoms with E-state index in [-0.39, 0.29) is 7.43 Å². The minimum atomic E-state index is 0. The zero-order chi connectivity index (χ0) is 11.4. The van der Waals surface area contributed by atoms with Gasteiger partial charge >= 0.3 is 0 Å². The van der Waals surface area contributed by atoms with Crippen molar-refractivity contribution < 1.29 is 0 Å². The molecule has 0 atom stereocenters. The molecule has 4 nitrogen and oxygen atoms in total. The van der Waals surface area contributed by atoms with Crippen LogP contribution in [-0.2, 0) is 6.54 Å². The maximum Gasteiger partial charge on any atom is 0.153 e. The number of anilines is 3. The predicted octanol–water partition coefficient (Wildman–Crippen LogP) is 2.50. The number of nitrogens with one attached hydrogen (secondary N) is 1. The zero-order valence-electron chi connectivity index (χ0n) is 8.85. The Labute approximate surface area is 102 Å². The van der Waals surface area contributed by atoms with Gasteiger partial charge < -0.3 is 16.8 Å². The van der Waals surface area contributed by atoms with Crippen molar-refractivity contribution in [3.05, 3.63) is 48.2 Å². The molecule has 0 bridgehead atoms. The molecule has 0 fully saturated rings. The first kappa shape index (κ1) is 13.0. The summed E-state index contributed by atoms with van der Waals surface area (Å²) in [5.74, 6) is 0.664. The minimum Gasteiger partial charge on any atom is -0.396 e. The average Bonchev–Trinajstić information content (AvgIpc) is 2.32. The molecule has 1 aromatic heterocycles. The monoisotopic (exact) mass is 230 g/mol. The smallest absolute Gasteiger partial charge is 0.153 e. The lowest BCUT2D eigenvalue weighted by Crippen LogP contribution is -2.00. The zero-order valence-corrected chi connectivity index (χ0v) is 8.85. The summed E-state index contributed by atoms with van der Waals surface area (Å²) < 4.78 is 0. The third-order valence-corrected chi connectivity index (χ3v) is 2.26. The van der Waals surface area contributed by atoms with Gasteiger partial charge in [0.25, 0.3) is 0 Å². The average molecular weight is 230 g/mol. The van der Waals surface area contributed by atoms with Crippen LogP contribution in [0.15, 0.2) is 42.6 Å². The fourth-order valence-electron chi connectivity index (χ4n) is 1.43. The van der Waals surface area contributed by atoms with Crippen molar-refractivity contribution in [2.24, 2.45) is 5.73 Å². The van der Waals surface area contributed by atoms with E-state index in [2.05, 4.69) is 10.3 Å². The standard InChI is InChI=1S/C12H14N4.CH4/c13-8-9-3-1-4-10(7-9)16-12-11(14)5-2-6-15-12;/h1-7H,8,13-14H2,(H,15,16);1H4. The molecule has 4 heteroatoms. The molecule has 1 heterocycles. The van der Waals surface area contributed by atoms with E-state index in [9.17, 15) is 0 Å². The van der Waals surface area contributed by atoms with Crippen LogP contribution in [0, 0.1) is 0 Å². The normalized spacial score (nSPS) is 9.47. The van der Waals surface area contributed by atoms with E-state index in [0.29, 0.717) is 18.1 Å². The second kappa shape index (κ2) is 5.86. The number of pyridine rings is 1. The lowest BCUT2D eigenvalue weighted by Gasteiger charge is -2.08. The van der Waals surface area contributed by atoms with Crippen molar-refractivity contribution in [1.29, 1.82) is 0 Å². The second-order valence-electron chi connectivity index (χ2n) is 3.47. The van der Waals surface area contributed by atoms with Crippen molar-refractivity contribution >= 4 is 17.2 Å². The molecule has 0 aliphatic rings. The van der Waals surface area contributed by atoms with Gasteiger partial charge in [-0.3, -0.25) is 0 Å². The lowest BCUT2D eigenvalue weighted by atomic mass is 10.2. The van der Waals surface area contributed by atoms with E-state index in [0.717, 1.165) is 11.3 Å². The molecule has 0 aliphatic heterocycles. The molecule has 0 radical (unpaired) electrons. The van der Waals surface area contributed by atoms with Crippen LogP contribution in [0.1, 0.15) is 13.0 Å². The van der Waals surface area contributed by atoms with Gasteiger partial charge in [0.2, 0.25) is 0 Å². The highest BCUT2D eigenvalue weighted by atomic mass is 15.0. The molecule has 0 saturated heterocycles. The van der Waals surface area contributed by atoms with Gasteiger partial charge in [0.15, 0.2) is 5.82 Å². The van der Waals surface area contributed by atoms with E-state index in [4.69, 9.17) is 11.5 Å². The van der Waals surface area contributed by atoms with Gasteiger partial charge in [0.05, 0.1) is 5.69 Å². The van der Waals surface area contributed by atoms with Crippen LogP contribution in [0.4, 0.5) is 17.2 Å². The first-order valence-corrected chi connectivity index (χ1v) is 5.06. The third kappa shape index (κ3) is 3.19. The Morgan fingerprint density at radius 3 is 2.71 bits per heavy atom. The minimum absolute atomic E-state index is 0. The van der Waals surface area contributed by atoms with Crippen LogP contribution in [0.25, 0.3) is 0 Å². The predicted molar refractivity (Wildman–Crippen MR) is 73.0 cm³/mol. The number of benzene rings is 1. The number of nitrogens with two attached hydrogens (primary N) is 2. The highest BCUT2D eigenvalue weighted by Gasteiger charge is 2.00. The number of rotatable bonds is 3. The Bertz CT molecular complexity index is 482. The van der Waals surface area contributed by atoms with E-state index in [1.165, 1.54) is 0 Å². The van der Waals surface area contributed by atoms with Gasteiger partial charge in [0.1, 0.15) is 0 Å². The number of nitrogen functional groups attached to an aromatic ring is 1. The molecule has 5 N–H and O–H groups in total. The number of hydrogen-bond acceptors (Lipinski definition) is 4. The molecular formula is C13H18N4. The lowest BCUT2D eigenvalue weighted by molar-refractivity contribution is 1.07. The van der Waals surface area contributed by atoms with Crippen molar-refractivity contribution in [3.63, 3.8) is 0 Å². The number of hydrogen-bond donors (Lipinski definition) is 3. The maximum atomic E-state index is 5.79. The Morgan fingerprint density at radius 1 is 1.18 bits per heavy atom. The molecule has 0 unspecified atom stereocenters. The molecule has 0 aliphatic carbocycles. The van der Waals surface area contributed by atoms with Crippen molar-refractivity contribution in [3.8, 4) is 0 Å². The molecule has 2 rings (SSSR count). The second-order valence-corrected chi connectivity index (χ2v) is 3.47. The summed E-state index contributed by atoms with van der Waals surface area (Å²) in [5, 5.41) is 3.16. The van der Waals surface area contributed by atoms with Crippen molar-refractivity contribution in [1.82, 2.24) is 4.98 Å². The van der Waals surface area contributed by atoms with Crippen LogP contribution < -0.4 is 16.8 Å². The number of aromatic nitrogens is 1. The van der Waals surface area contributed by atoms with E-state index in [1.54, 1.807) is 12.3 Å². The third-order valence-electron chi connectivity index (χ3n) is 2.26. The van der Waals surface area contributed by atoms with Crippen LogP contribution in [-0.4, -0.2) is 4.98 Å². The van der Waals surface area contributed by atoms with Gasteiger partial charge in [-0.2, -0.15) is 0 Å². The van der Waals surface area contributed by atoms with E-state index >= 15 is 0 Å². The molecule has 17 heavy (non-hydrogen) atoms.